The Labute approximate surface area is 207 Å². The van der Waals surface area contributed by atoms with Gasteiger partial charge < -0.3 is 26.0 Å². The van der Waals surface area contributed by atoms with Crippen LogP contribution in [0.4, 0.5) is 22.2 Å². The molecule has 9 heteroatoms. The molecule has 9 nitrogen and oxygen atoms in total. The molecule has 1 fully saturated rings. The zero-order valence-corrected chi connectivity index (χ0v) is 21.5. The topological polar surface area (TPSA) is 117 Å². The highest BCUT2D eigenvalue weighted by atomic mass is 16.6. The SMILES string of the molecule is CNc1ccc(C(=O)Nc2ccc(C)c(C3CC3)n2)c(NCCCCCNC(=O)OC(C)(C)C)n1. The molecule has 1 saturated carbocycles. The van der Waals surface area contributed by atoms with Gasteiger partial charge in [-0.3, -0.25) is 4.79 Å². The third-order valence-electron chi connectivity index (χ3n) is 5.55. The molecule has 0 radical (unpaired) electrons. The lowest BCUT2D eigenvalue weighted by Crippen LogP contribution is -2.33. The Morgan fingerprint density at radius 3 is 2.40 bits per heavy atom. The third-order valence-corrected chi connectivity index (χ3v) is 5.55. The predicted octanol–water partition coefficient (Wildman–Crippen LogP) is 5.06. The van der Waals surface area contributed by atoms with E-state index >= 15 is 0 Å². The van der Waals surface area contributed by atoms with E-state index in [2.05, 4.69) is 38.2 Å². The molecule has 2 heterocycles. The lowest BCUT2D eigenvalue weighted by Gasteiger charge is -2.19. The Bertz CT molecular complexity index is 1030. The quantitative estimate of drug-likeness (QED) is 0.331. The molecule has 1 aliphatic rings. The molecular formula is C26H38N6O3. The average molecular weight is 483 g/mol. The first-order valence-corrected chi connectivity index (χ1v) is 12.3. The number of ether oxygens (including phenoxy) is 1. The standard InChI is InChI=1S/C26H38N6O3/c1-17-9-13-21(30-22(17)18-10-11-18)32-24(33)19-12-14-20(27-5)31-23(19)28-15-7-6-8-16-29-25(34)35-26(2,3)4/h9,12-14,18H,6-8,10-11,15-16H2,1-5H3,(H,29,34)(H2,27,28,31)(H,30,32,33). The van der Waals surface area contributed by atoms with Crippen LogP contribution in [0.5, 0.6) is 0 Å². The van der Waals surface area contributed by atoms with E-state index in [4.69, 9.17) is 4.74 Å². The molecule has 0 unspecified atom stereocenters. The van der Waals surface area contributed by atoms with Gasteiger partial charge in [0.15, 0.2) is 0 Å². The summed E-state index contributed by atoms with van der Waals surface area (Å²) in [4.78, 5) is 34.0. The van der Waals surface area contributed by atoms with Gasteiger partial charge in [-0.05, 0) is 83.6 Å². The highest BCUT2D eigenvalue weighted by molar-refractivity contribution is 6.07. The molecule has 3 rings (SSSR count). The molecule has 190 valence electrons. The molecular weight excluding hydrogens is 444 g/mol. The number of aryl methyl sites for hydroxylation is 1. The molecule has 0 aromatic carbocycles. The number of hydrogen-bond donors (Lipinski definition) is 4. The van der Waals surface area contributed by atoms with Gasteiger partial charge in [-0.1, -0.05) is 6.07 Å². The van der Waals surface area contributed by atoms with Gasteiger partial charge in [0, 0.05) is 31.7 Å². The first-order chi connectivity index (χ1) is 16.7. The van der Waals surface area contributed by atoms with Crippen LogP contribution in [0.2, 0.25) is 0 Å². The van der Waals surface area contributed by atoms with Crippen molar-refractivity contribution in [2.75, 3.05) is 36.1 Å². The fourth-order valence-electron chi connectivity index (χ4n) is 3.62. The zero-order chi connectivity index (χ0) is 25.4. The van der Waals surface area contributed by atoms with Crippen LogP contribution in [0.3, 0.4) is 0 Å². The van der Waals surface area contributed by atoms with Crippen LogP contribution in [-0.4, -0.2) is 47.7 Å². The number of hydrogen-bond acceptors (Lipinski definition) is 7. The van der Waals surface area contributed by atoms with E-state index in [-0.39, 0.29) is 5.91 Å². The third kappa shape index (κ3) is 8.42. The van der Waals surface area contributed by atoms with Gasteiger partial charge in [-0.2, -0.15) is 0 Å². The van der Waals surface area contributed by atoms with Crippen molar-refractivity contribution >= 4 is 29.5 Å². The van der Waals surface area contributed by atoms with Crippen molar-refractivity contribution in [3.63, 3.8) is 0 Å². The van der Waals surface area contributed by atoms with Gasteiger partial charge in [0.2, 0.25) is 0 Å². The van der Waals surface area contributed by atoms with Crippen LogP contribution < -0.4 is 21.3 Å². The Morgan fingerprint density at radius 1 is 1.00 bits per heavy atom. The lowest BCUT2D eigenvalue weighted by molar-refractivity contribution is 0.0527. The van der Waals surface area contributed by atoms with Crippen LogP contribution in [0.1, 0.15) is 80.4 Å². The summed E-state index contributed by atoms with van der Waals surface area (Å²) in [6, 6.07) is 7.39. The van der Waals surface area contributed by atoms with Gasteiger partial charge >= 0.3 is 6.09 Å². The number of unbranched alkanes of at least 4 members (excludes halogenated alkanes) is 2. The molecule has 0 atom stereocenters. The van der Waals surface area contributed by atoms with E-state index < -0.39 is 11.7 Å². The van der Waals surface area contributed by atoms with Crippen molar-refractivity contribution in [1.29, 1.82) is 0 Å². The van der Waals surface area contributed by atoms with Crippen LogP contribution in [0.25, 0.3) is 0 Å². The molecule has 2 amide bonds. The molecule has 0 spiro atoms. The molecule has 2 aromatic heterocycles. The first kappa shape index (κ1) is 26.2. The van der Waals surface area contributed by atoms with Crippen molar-refractivity contribution in [3.8, 4) is 0 Å². The summed E-state index contributed by atoms with van der Waals surface area (Å²) in [5.41, 5.74) is 2.20. The number of carbonyl (C=O) groups excluding carboxylic acids is 2. The van der Waals surface area contributed by atoms with E-state index in [0.717, 1.165) is 43.4 Å². The van der Waals surface area contributed by atoms with Gasteiger partial charge in [0.25, 0.3) is 5.91 Å². The lowest BCUT2D eigenvalue weighted by atomic mass is 10.1. The molecule has 0 aliphatic heterocycles. The van der Waals surface area contributed by atoms with E-state index in [1.54, 1.807) is 19.2 Å². The van der Waals surface area contributed by atoms with E-state index in [0.29, 0.717) is 42.0 Å². The van der Waals surface area contributed by atoms with Crippen molar-refractivity contribution in [2.45, 2.75) is 71.3 Å². The number of nitrogens with one attached hydrogen (secondary N) is 4. The number of nitrogens with zero attached hydrogens (tertiary/aromatic N) is 2. The zero-order valence-electron chi connectivity index (χ0n) is 21.5. The average Bonchev–Trinajstić information content (AvgIpc) is 3.63. The maximum Gasteiger partial charge on any atom is 0.407 e. The number of aromatic nitrogens is 2. The van der Waals surface area contributed by atoms with Gasteiger partial charge in [0.1, 0.15) is 23.1 Å². The van der Waals surface area contributed by atoms with Crippen LogP contribution in [0.15, 0.2) is 24.3 Å². The largest absolute Gasteiger partial charge is 0.444 e. The second-order valence-electron chi connectivity index (χ2n) is 9.89. The molecule has 1 aliphatic carbocycles. The number of alkyl carbamates (subject to hydrolysis) is 1. The van der Waals surface area contributed by atoms with E-state index in [9.17, 15) is 9.59 Å². The Hall–Kier alpha value is -3.36. The summed E-state index contributed by atoms with van der Waals surface area (Å²) < 4.78 is 5.23. The van der Waals surface area contributed by atoms with Crippen LogP contribution >= 0.6 is 0 Å². The van der Waals surface area contributed by atoms with Gasteiger partial charge in [-0.15, -0.1) is 0 Å². The minimum absolute atomic E-state index is 0.248. The summed E-state index contributed by atoms with van der Waals surface area (Å²) in [6.07, 6.45) is 4.53. The monoisotopic (exact) mass is 482 g/mol. The molecule has 0 saturated heterocycles. The highest BCUT2D eigenvalue weighted by Gasteiger charge is 2.27. The second-order valence-corrected chi connectivity index (χ2v) is 9.89. The number of carbonyl (C=O) groups is 2. The van der Waals surface area contributed by atoms with E-state index in [1.165, 1.54) is 0 Å². The second kappa shape index (κ2) is 11.9. The summed E-state index contributed by atoms with van der Waals surface area (Å²) in [5, 5.41) is 12.0. The predicted molar refractivity (Wildman–Crippen MR) is 139 cm³/mol. The minimum Gasteiger partial charge on any atom is -0.444 e. The van der Waals surface area contributed by atoms with Crippen molar-refractivity contribution in [3.05, 3.63) is 41.1 Å². The van der Waals surface area contributed by atoms with Gasteiger partial charge in [-0.25, -0.2) is 14.8 Å². The molecule has 35 heavy (non-hydrogen) atoms. The summed E-state index contributed by atoms with van der Waals surface area (Å²) in [6.45, 7) is 8.79. The number of anilines is 3. The van der Waals surface area contributed by atoms with E-state index in [1.807, 2.05) is 32.9 Å². The number of amides is 2. The molecule has 2 aromatic rings. The normalized spacial score (nSPS) is 13.2. The smallest absolute Gasteiger partial charge is 0.407 e. The summed E-state index contributed by atoms with van der Waals surface area (Å²) >= 11 is 0. The van der Waals surface area contributed by atoms with Crippen LogP contribution in [-0.2, 0) is 4.74 Å². The van der Waals surface area contributed by atoms with Gasteiger partial charge in [0.05, 0.1) is 5.56 Å². The maximum absolute atomic E-state index is 13.0. The fourth-order valence-corrected chi connectivity index (χ4v) is 3.62. The van der Waals surface area contributed by atoms with Crippen molar-refractivity contribution < 1.29 is 14.3 Å². The number of rotatable bonds is 11. The number of pyridine rings is 2. The Kier molecular flexibility index (Phi) is 8.89. The fraction of sp³-hybridized carbons (Fsp3) is 0.538. The maximum atomic E-state index is 13.0. The molecule has 4 N–H and O–H groups in total. The summed E-state index contributed by atoms with van der Waals surface area (Å²) in [5.74, 6) is 2.02. The van der Waals surface area contributed by atoms with Crippen molar-refractivity contribution in [2.24, 2.45) is 0 Å². The van der Waals surface area contributed by atoms with Crippen molar-refractivity contribution in [1.82, 2.24) is 15.3 Å². The Balaban J connectivity index is 1.51. The van der Waals surface area contributed by atoms with Crippen LogP contribution in [0, 0.1) is 6.92 Å². The Morgan fingerprint density at radius 2 is 1.71 bits per heavy atom. The first-order valence-electron chi connectivity index (χ1n) is 12.3. The summed E-state index contributed by atoms with van der Waals surface area (Å²) in [7, 11) is 1.79. The molecule has 0 bridgehead atoms. The minimum atomic E-state index is -0.498. The highest BCUT2D eigenvalue weighted by Crippen LogP contribution is 2.40.